The van der Waals surface area contributed by atoms with Crippen molar-refractivity contribution in [3.8, 4) is 5.75 Å². The number of phenolic OH excluding ortho intramolecular Hbond substituents is 1. The molecule has 1 aromatic heterocycles. The van der Waals surface area contributed by atoms with Gasteiger partial charge in [-0.25, -0.2) is 4.99 Å². The third-order valence-electron chi connectivity index (χ3n) is 17.1. The summed E-state index contributed by atoms with van der Waals surface area (Å²) in [7, 11) is 1.38. The number of benzene rings is 4. The highest BCUT2D eigenvalue weighted by Gasteiger charge is 2.41. The van der Waals surface area contributed by atoms with Crippen LogP contribution in [0, 0.1) is 5.92 Å². The number of rotatable bonds is 33. The number of aromatic amines is 1. The molecule has 32 nitrogen and oxygen atoms in total. The van der Waals surface area contributed by atoms with Crippen LogP contribution >= 0.6 is 0 Å². The number of aliphatic imine (C=N–C) groups is 3. The highest BCUT2D eigenvalue weighted by Crippen LogP contribution is 2.24. The van der Waals surface area contributed by atoms with Crippen LogP contribution in [0.2, 0.25) is 0 Å². The zero-order valence-corrected chi connectivity index (χ0v) is 56.6. The molecule has 5 aromatic rings. The number of likely N-dealkylation sites (N-methyl/N-ethyl adjacent to an activating group) is 1. The number of primary amides is 1. The van der Waals surface area contributed by atoms with Crippen molar-refractivity contribution in [1.29, 1.82) is 0 Å². The van der Waals surface area contributed by atoms with Crippen LogP contribution in [-0.2, 0) is 76.8 Å². The molecular weight excluding hydrogens is 1310 g/mol. The second-order valence-corrected chi connectivity index (χ2v) is 25.3. The lowest BCUT2D eigenvalue weighted by Crippen LogP contribution is -2.61. The number of para-hydroxylation sites is 1. The fraction of sp³-hybridized carbons (Fsp3) is 0.435. The Morgan fingerprint density at radius 1 is 0.713 bits per heavy atom. The molecule has 0 aliphatic carbocycles. The van der Waals surface area contributed by atoms with Crippen molar-refractivity contribution < 1.29 is 72.9 Å². The van der Waals surface area contributed by atoms with Gasteiger partial charge in [0.25, 0.3) is 5.97 Å². The Balaban J connectivity index is 0.00000348. The lowest BCUT2D eigenvalue weighted by atomic mass is 9.97. The Hall–Kier alpha value is -11.3. The number of hydrogen-bond acceptors (Lipinski definition) is 17. The number of aliphatic carboxylic acids is 1. The fourth-order valence-electron chi connectivity index (χ4n) is 12.0. The van der Waals surface area contributed by atoms with Crippen molar-refractivity contribution >= 4 is 111 Å². The average Bonchev–Trinajstić information content (AvgIpc) is 1.81. The van der Waals surface area contributed by atoms with E-state index < -0.39 is 133 Å². The summed E-state index contributed by atoms with van der Waals surface area (Å²) >= 11 is 0. The molecule has 18 N–H and O–H groups in total. The van der Waals surface area contributed by atoms with Crippen molar-refractivity contribution in [3.05, 3.63) is 114 Å². The summed E-state index contributed by atoms with van der Waals surface area (Å²) in [5.74, 6) is -9.69. The van der Waals surface area contributed by atoms with Gasteiger partial charge in [0, 0.05) is 82.0 Å². The number of nitrogens with zero attached hydrogens (tertiary/aromatic N) is 5. The Morgan fingerprint density at radius 2 is 1.32 bits per heavy atom. The number of carboxylic acids is 1. The minimum absolute atomic E-state index is 0.00397. The molecule has 9 atom stereocenters. The summed E-state index contributed by atoms with van der Waals surface area (Å²) in [4.78, 5) is 182. The number of aromatic hydroxyl groups is 1. The SMILES string of the molecule is CC(=O)O.CC(C)C[C@@H](C(=O)N[C@@H](CCCN=C(N)N)C(=O)N1CCC[C@H]1C(=O)NCC(N)=O)N(C)C(=O)[C@@H](Cc1ccc2ccccc2c1)NC(=O)[C@H](Cc1ccc(O)cc1)NC(=O)[C@H](CO)NC(=O)[C@H](Cc1c[nH]c2ccccc12)NC(=O)[C@H](CC1=NC=NC1)NC(=O)[C@@H]1CCC(=O)N1. The van der Waals surface area contributed by atoms with E-state index in [-0.39, 0.29) is 107 Å². The topological polar surface area (TPSA) is 499 Å². The van der Waals surface area contributed by atoms with Crippen molar-refractivity contribution in [2.24, 2.45) is 38.1 Å². The molecule has 11 amide bonds. The minimum Gasteiger partial charge on any atom is -0.508 e. The van der Waals surface area contributed by atoms with Gasteiger partial charge in [-0.05, 0) is 90.1 Å². The first-order chi connectivity index (χ1) is 48.2. The number of nitrogens with two attached hydrogens (primary N) is 3. The molecule has 0 unspecified atom stereocenters. The van der Waals surface area contributed by atoms with Crippen molar-refractivity contribution in [1.82, 2.24) is 57.3 Å². The molecule has 4 aromatic carbocycles. The monoisotopic (exact) mass is 1400 g/mol. The number of carbonyl (C=O) groups is 12. The number of aliphatic hydroxyl groups excluding tert-OH is 1. The number of carbonyl (C=O) groups excluding carboxylic acids is 11. The summed E-state index contributed by atoms with van der Waals surface area (Å²) in [6.07, 6.45) is 3.42. The molecule has 4 heterocycles. The van der Waals surface area contributed by atoms with Crippen LogP contribution in [0.3, 0.4) is 0 Å². The van der Waals surface area contributed by atoms with E-state index in [0.717, 1.165) is 17.7 Å². The number of aliphatic hydroxyl groups is 1. The zero-order chi connectivity index (χ0) is 73.4. The normalized spacial score (nSPS) is 16.7. The summed E-state index contributed by atoms with van der Waals surface area (Å²) in [5.41, 5.74) is 19.2. The number of hydrogen-bond donors (Lipinski definition) is 15. The van der Waals surface area contributed by atoms with Crippen LogP contribution in [0.25, 0.3) is 21.7 Å². The number of phenols is 1. The van der Waals surface area contributed by atoms with Crippen LogP contribution < -0.4 is 59.7 Å². The van der Waals surface area contributed by atoms with Gasteiger partial charge >= 0.3 is 0 Å². The molecule has 0 bridgehead atoms. The molecule has 2 fully saturated rings. The predicted octanol–water partition coefficient (Wildman–Crippen LogP) is -1.28. The standard InChI is InChI=1S/C67H85N17O13.C2H4O2/c1-37(2)26-55(64(95)77-48(14-8-24-72-67(69)70)66(97)84-25-9-15-54(84)63(94)74-34-56(68)87)83(3)65(96)52(29-39-16-19-40-10-4-5-11-41(40)27-39)81-59(90)49(28-38-17-20-44(86)21-18-38)78-62(93)53(35-85)82-60(91)50(30-42-32-73-46-13-7-6-12-45(42)46)79-61(92)51(31-43-33-71-36-75-43)80-58(89)47-22-23-57(88)76-47;1-2(3)4/h4-7,10-13,16-21,27,32,36-37,47-55,73,85-86H,8-9,14-15,22-26,28-31,33-35H2,1-3H3,(H2,68,87)(H,74,94)(H,76,88)(H,77,95)(H,78,93)(H,79,92)(H,80,89)(H,81,90)(H,82,91)(H4,69,70,72);1H3,(H,3,4)/t47-,48-,49-,50-,51-,52+,53-,54-,55-;/m0./s1. The molecule has 32 heteroatoms. The van der Waals surface area contributed by atoms with Gasteiger partial charge in [0.05, 0.1) is 19.7 Å². The van der Waals surface area contributed by atoms with Crippen molar-refractivity contribution in [2.75, 3.05) is 39.8 Å². The molecule has 0 saturated carbocycles. The highest BCUT2D eigenvalue weighted by molar-refractivity contribution is 6.03. The van der Waals surface area contributed by atoms with Gasteiger partial charge < -0.3 is 89.8 Å². The van der Waals surface area contributed by atoms with Crippen LogP contribution in [0.15, 0.2) is 112 Å². The third-order valence-corrected chi connectivity index (χ3v) is 17.1. The van der Waals surface area contributed by atoms with E-state index in [9.17, 15) is 53.4 Å². The first-order valence-electron chi connectivity index (χ1n) is 33.1. The molecule has 3 aliphatic rings. The quantitative estimate of drug-likeness (QED) is 0.0132. The summed E-state index contributed by atoms with van der Waals surface area (Å²) < 4.78 is 0. The van der Waals surface area contributed by atoms with E-state index in [1.54, 1.807) is 36.5 Å². The largest absolute Gasteiger partial charge is 0.508 e. The summed E-state index contributed by atoms with van der Waals surface area (Å²) in [6.45, 7) is 3.60. The maximum absolute atomic E-state index is 15.5. The average molecular weight is 1400 g/mol. The Morgan fingerprint density at radius 3 is 1.95 bits per heavy atom. The molecule has 101 heavy (non-hydrogen) atoms. The number of fused-ring (bicyclic) bond motifs is 2. The van der Waals surface area contributed by atoms with Crippen LogP contribution in [0.1, 0.15) is 88.8 Å². The van der Waals surface area contributed by atoms with E-state index >= 15 is 9.59 Å². The van der Waals surface area contributed by atoms with Crippen molar-refractivity contribution in [2.45, 2.75) is 146 Å². The van der Waals surface area contributed by atoms with Gasteiger partial charge in [-0.15, -0.1) is 0 Å². The maximum Gasteiger partial charge on any atom is 0.300 e. The molecule has 0 radical (unpaired) electrons. The lowest BCUT2D eigenvalue weighted by Gasteiger charge is -2.34. The Labute approximate surface area is 581 Å². The van der Waals surface area contributed by atoms with Gasteiger partial charge in [0.15, 0.2) is 5.96 Å². The number of aromatic nitrogens is 1. The van der Waals surface area contributed by atoms with E-state index in [1.807, 2.05) is 50.2 Å². The van der Waals surface area contributed by atoms with E-state index in [4.69, 9.17) is 27.1 Å². The van der Waals surface area contributed by atoms with Crippen LogP contribution in [0.5, 0.6) is 5.75 Å². The van der Waals surface area contributed by atoms with Crippen LogP contribution in [-0.4, -0.2) is 213 Å². The summed E-state index contributed by atoms with van der Waals surface area (Å²) in [5, 5.41) is 52.4. The molecule has 8 rings (SSSR count). The van der Waals surface area contributed by atoms with E-state index in [0.29, 0.717) is 39.7 Å². The summed E-state index contributed by atoms with van der Waals surface area (Å²) in [6, 6.07) is 13.6. The third kappa shape index (κ3) is 22.9. The van der Waals surface area contributed by atoms with E-state index in [2.05, 4.69) is 62.5 Å². The van der Waals surface area contributed by atoms with E-state index in [1.165, 1.54) is 47.5 Å². The smallest absolute Gasteiger partial charge is 0.300 e. The van der Waals surface area contributed by atoms with Gasteiger partial charge in [-0.2, -0.15) is 0 Å². The predicted molar refractivity (Wildman–Crippen MR) is 373 cm³/mol. The van der Waals surface area contributed by atoms with Gasteiger partial charge in [0.1, 0.15) is 66.5 Å². The molecule has 540 valence electrons. The lowest BCUT2D eigenvalue weighted by molar-refractivity contribution is -0.145. The zero-order valence-electron chi connectivity index (χ0n) is 56.6. The Bertz CT molecular complexity index is 3920. The number of amides is 11. The number of likely N-dealkylation sites (tertiary alicyclic amines) is 1. The second-order valence-electron chi connectivity index (χ2n) is 25.3. The first-order valence-corrected chi connectivity index (χ1v) is 33.1. The highest BCUT2D eigenvalue weighted by atomic mass is 16.4. The van der Waals surface area contributed by atoms with Crippen LogP contribution in [0.4, 0.5) is 0 Å². The maximum atomic E-state index is 15.5. The fourth-order valence-corrected chi connectivity index (χ4v) is 12.0. The minimum atomic E-state index is -1.80. The number of nitrogens with one attached hydrogen (secondary N) is 9. The molecule has 3 aliphatic heterocycles. The first kappa shape index (κ1) is 77.0. The number of H-pyrrole nitrogens is 1. The number of carboxylic acid groups (broad SMARTS) is 1. The molecular formula is C69H89N17O15. The molecule has 2 saturated heterocycles. The van der Waals surface area contributed by atoms with Crippen molar-refractivity contribution in [3.63, 3.8) is 0 Å². The second kappa shape index (κ2) is 37.0. The Kier molecular flexibility index (Phi) is 28.3. The number of guanidine groups is 1. The van der Waals surface area contributed by atoms with Gasteiger partial charge in [-0.3, -0.25) is 67.5 Å². The van der Waals surface area contributed by atoms with Gasteiger partial charge in [-0.1, -0.05) is 86.6 Å². The van der Waals surface area contributed by atoms with Gasteiger partial charge in [0.2, 0.25) is 65.0 Å². The molecule has 0 spiro atoms.